The first kappa shape index (κ1) is 13.3. The van der Waals surface area contributed by atoms with Gasteiger partial charge in [-0.1, -0.05) is 11.6 Å². The highest BCUT2D eigenvalue weighted by Gasteiger charge is 2.19. The largest absolute Gasteiger partial charge is 0.496 e. The Balaban J connectivity index is 2.64. The number of aromatic carboxylic acids is 1. The van der Waals surface area contributed by atoms with Crippen molar-refractivity contribution in [3.63, 3.8) is 0 Å². The van der Waals surface area contributed by atoms with Crippen molar-refractivity contribution in [2.24, 2.45) is 0 Å². The molecule has 1 aromatic heterocycles. The van der Waals surface area contributed by atoms with Crippen LogP contribution in [0, 0.1) is 0 Å². The lowest BCUT2D eigenvalue weighted by atomic mass is 10.1. The molecule has 1 aromatic carbocycles. The Kier molecular flexibility index (Phi) is 3.66. The number of furan rings is 1. The maximum atomic E-state index is 10.8. The van der Waals surface area contributed by atoms with E-state index in [0.29, 0.717) is 27.6 Å². The number of benzene rings is 1. The van der Waals surface area contributed by atoms with Crippen LogP contribution in [0.1, 0.15) is 10.6 Å². The lowest BCUT2D eigenvalue weighted by Gasteiger charge is -2.12. The maximum absolute atomic E-state index is 10.8. The second kappa shape index (κ2) is 5.24. The van der Waals surface area contributed by atoms with Crippen LogP contribution < -0.4 is 9.47 Å². The molecule has 2 rings (SSSR count). The number of hydrogen-bond donors (Lipinski definition) is 1. The van der Waals surface area contributed by atoms with Crippen LogP contribution in [0.15, 0.2) is 28.9 Å². The van der Waals surface area contributed by atoms with Gasteiger partial charge in [0, 0.05) is 5.56 Å². The number of carbonyl (C=O) groups is 1. The smallest absolute Gasteiger partial charge is 0.371 e. The number of ether oxygens (including phenoxy) is 2. The van der Waals surface area contributed by atoms with Crippen molar-refractivity contribution in [3.8, 4) is 22.6 Å². The minimum Gasteiger partial charge on any atom is -0.496 e. The van der Waals surface area contributed by atoms with E-state index in [2.05, 4.69) is 0 Å². The Morgan fingerprint density at radius 3 is 2.58 bits per heavy atom. The molecule has 0 bridgehead atoms. The van der Waals surface area contributed by atoms with Gasteiger partial charge in [-0.2, -0.15) is 0 Å². The highest BCUT2D eigenvalue weighted by atomic mass is 35.5. The number of hydrogen-bond acceptors (Lipinski definition) is 4. The molecule has 5 nitrogen and oxygen atoms in total. The van der Waals surface area contributed by atoms with Gasteiger partial charge in [-0.05, 0) is 18.2 Å². The first-order chi connectivity index (χ1) is 9.08. The van der Waals surface area contributed by atoms with E-state index in [4.69, 9.17) is 30.6 Å². The Hall–Kier alpha value is -2.14. The topological polar surface area (TPSA) is 68.9 Å². The summed E-state index contributed by atoms with van der Waals surface area (Å²) in [6, 6.07) is 4.70. The maximum Gasteiger partial charge on any atom is 0.371 e. The zero-order valence-electron chi connectivity index (χ0n) is 10.3. The van der Waals surface area contributed by atoms with Gasteiger partial charge in [0.1, 0.15) is 11.5 Å². The molecule has 0 aliphatic carbocycles. The zero-order valence-corrected chi connectivity index (χ0v) is 11.0. The van der Waals surface area contributed by atoms with Crippen molar-refractivity contribution in [1.82, 2.24) is 0 Å². The molecular formula is C13H11ClO5. The molecule has 0 aliphatic rings. The van der Waals surface area contributed by atoms with Crippen molar-refractivity contribution < 1.29 is 23.8 Å². The Labute approximate surface area is 114 Å². The average molecular weight is 283 g/mol. The third-order valence-electron chi connectivity index (χ3n) is 2.59. The molecule has 1 N–H and O–H groups in total. The summed E-state index contributed by atoms with van der Waals surface area (Å²) in [7, 11) is 2.98. The number of methoxy groups -OCH3 is 2. The average Bonchev–Trinajstić information content (AvgIpc) is 2.87. The molecule has 0 amide bonds. The second-order valence-electron chi connectivity index (χ2n) is 3.66. The Bertz CT molecular complexity index is 617. The fourth-order valence-electron chi connectivity index (χ4n) is 1.76. The van der Waals surface area contributed by atoms with E-state index in [1.165, 1.54) is 26.5 Å². The minimum absolute atomic E-state index is 0.168. The van der Waals surface area contributed by atoms with Gasteiger partial charge in [0.25, 0.3) is 0 Å². The SMILES string of the molecule is COc1ccc(Cl)c(OC)c1-c1coc(C(=O)O)c1. The predicted molar refractivity (Wildman–Crippen MR) is 69.2 cm³/mol. The van der Waals surface area contributed by atoms with Gasteiger partial charge in [-0.25, -0.2) is 4.79 Å². The monoisotopic (exact) mass is 282 g/mol. The summed E-state index contributed by atoms with van der Waals surface area (Å²) >= 11 is 6.05. The minimum atomic E-state index is -1.15. The standard InChI is InChI=1S/C13H11ClO5/c1-17-9-4-3-8(14)12(18-2)11(9)7-5-10(13(15)16)19-6-7/h3-6H,1-2H3,(H,15,16). The summed E-state index contributed by atoms with van der Waals surface area (Å²) < 4.78 is 15.4. The quantitative estimate of drug-likeness (QED) is 0.931. The van der Waals surface area contributed by atoms with Gasteiger partial charge < -0.3 is 19.0 Å². The van der Waals surface area contributed by atoms with Crippen LogP contribution in [0.2, 0.25) is 5.02 Å². The van der Waals surface area contributed by atoms with Gasteiger partial charge in [-0.3, -0.25) is 0 Å². The molecule has 0 unspecified atom stereocenters. The van der Waals surface area contributed by atoms with Crippen LogP contribution in [-0.4, -0.2) is 25.3 Å². The molecule has 0 atom stereocenters. The summed E-state index contributed by atoms with van der Waals surface area (Å²) in [5.41, 5.74) is 1.07. The summed E-state index contributed by atoms with van der Waals surface area (Å²) in [6.45, 7) is 0. The molecule has 19 heavy (non-hydrogen) atoms. The van der Waals surface area contributed by atoms with Gasteiger partial charge in [0.15, 0.2) is 0 Å². The van der Waals surface area contributed by atoms with E-state index < -0.39 is 5.97 Å². The lowest BCUT2D eigenvalue weighted by Crippen LogP contribution is -1.94. The summed E-state index contributed by atoms with van der Waals surface area (Å²) in [5, 5.41) is 9.27. The van der Waals surface area contributed by atoms with Gasteiger partial charge in [0.2, 0.25) is 5.76 Å². The van der Waals surface area contributed by atoms with Crippen LogP contribution in [-0.2, 0) is 0 Å². The first-order valence-electron chi connectivity index (χ1n) is 5.31. The molecule has 0 aliphatic heterocycles. The molecule has 0 radical (unpaired) electrons. The summed E-state index contributed by atoms with van der Waals surface area (Å²) in [4.78, 5) is 10.8. The molecule has 100 valence electrons. The van der Waals surface area contributed by atoms with Gasteiger partial charge in [0.05, 0.1) is 31.1 Å². The summed E-state index contributed by atoms with van der Waals surface area (Å²) in [6.07, 6.45) is 1.32. The van der Waals surface area contributed by atoms with E-state index in [1.807, 2.05) is 0 Å². The second-order valence-corrected chi connectivity index (χ2v) is 4.07. The van der Waals surface area contributed by atoms with Crippen LogP contribution in [0.3, 0.4) is 0 Å². The van der Waals surface area contributed by atoms with Crippen molar-refractivity contribution in [1.29, 1.82) is 0 Å². The van der Waals surface area contributed by atoms with Crippen molar-refractivity contribution in [2.45, 2.75) is 0 Å². The highest BCUT2D eigenvalue weighted by molar-refractivity contribution is 6.32. The fraction of sp³-hybridized carbons (Fsp3) is 0.154. The molecule has 0 fully saturated rings. The van der Waals surface area contributed by atoms with Crippen molar-refractivity contribution in [2.75, 3.05) is 14.2 Å². The number of carboxylic acids is 1. The number of carboxylic acid groups (broad SMARTS) is 1. The number of halogens is 1. The van der Waals surface area contributed by atoms with Crippen LogP contribution in [0.4, 0.5) is 0 Å². The molecule has 0 saturated heterocycles. The molecule has 6 heteroatoms. The zero-order chi connectivity index (χ0) is 14.0. The van der Waals surface area contributed by atoms with E-state index in [1.54, 1.807) is 12.1 Å². The third-order valence-corrected chi connectivity index (χ3v) is 2.89. The predicted octanol–water partition coefficient (Wildman–Crippen LogP) is 3.32. The summed E-state index contributed by atoms with van der Waals surface area (Å²) in [5.74, 6) is -0.400. The third kappa shape index (κ3) is 2.37. The van der Waals surface area contributed by atoms with Crippen molar-refractivity contribution >= 4 is 17.6 Å². The normalized spacial score (nSPS) is 10.3. The van der Waals surface area contributed by atoms with Crippen molar-refractivity contribution in [3.05, 3.63) is 35.2 Å². The van der Waals surface area contributed by atoms with E-state index >= 15 is 0 Å². The Morgan fingerprint density at radius 1 is 1.32 bits per heavy atom. The van der Waals surface area contributed by atoms with E-state index in [0.717, 1.165) is 0 Å². The van der Waals surface area contributed by atoms with Gasteiger partial charge in [-0.15, -0.1) is 0 Å². The molecule has 0 spiro atoms. The van der Waals surface area contributed by atoms with E-state index in [-0.39, 0.29) is 5.76 Å². The first-order valence-corrected chi connectivity index (χ1v) is 5.69. The van der Waals surface area contributed by atoms with Crippen LogP contribution in [0.25, 0.3) is 11.1 Å². The molecule has 2 aromatic rings. The highest BCUT2D eigenvalue weighted by Crippen LogP contribution is 2.43. The molecule has 1 heterocycles. The fourth-order valence-corrected chi connectivity index (χ4v) is 2.00. The molecule has 0 saturated carbocycles. The molecular weight excluding hydrogens is 272 g/mol. The Morgan fingerprint density at radius 2 is 2.05 bits per heavy atom. The van der Waals surface area contributed by atoms with E-state index in [9.17, 15) is 4.79 Å². The van der Waals surface area contributed by atoms with Gasteiger partial charge >= 0.3 is 5.97 Å². The van der Waals surface area contributed by atoms with Crippen LogP contribution in [0.5, 0.6) is 11.5 Å². The lowest BCUT2D eigenvalue weighted by molar-refractivity contribution is 0.0662. The van der Waals surface area contributed by atoms with Crippen LogP contribution >= 0.6 is 11.6 Å². The number of rotatable bonds is 4.